The van der Waals surface area contributed by atoms with Gasteiger partial charge in [-0.3, -0.25) is 4.79 Å². The van der Waals surface area contributed by atoms with Crippen molar-refractivity contribution in [3.05, 3.63) is 12.2 Å². The van der Waals surface area contributed by atoms with Crippen molar-refractivity contribution in [2.75, 3.05) is 12.4 Å². The van der Waals surface area contributed by atoms with Crippen molar-refractivity contribution in [1.29, 1.82) is 0 Å². The van der Waals surface area contributed by atoms with E-state index in [0.717, 1.165) is 5.75 Å². The second kappa shape index (κ2) is 7.56. The summed E-state index contributed by atoms with van der Waals surface area (Å²) in [6, 6.07) is 0. The summed E-state index contributed by atoms with van der Waals surface area (Å²) >= 11 is 6.66. The maximum absolute atomic E-state index is 10.3. The van der Waals surface area contributed by atoms with Crippen LogP contribution in [0.3, 0.4) is 0 Å². The van der Waals surface area contributed by atoms with Crippen LogP contribution in [0.25, 0.3) is 0 Å². The van der Waals surface area contributed by atoms with E-state index < -0.39 is 5.62 Å². The topological polar surface area (TPSA) is 38.3 Å². The number of allylic oxidation sites excluding steroid dienone is 1. The van der Waals surface area contributed by atoms with E-state index in [4.69, 9.17) is 16.3 Å². The summed E-state index contributed by atoms with van der Waals surface area (Å²) in [4.78, 5) is 10.3. The van der Waals surface area contributed by atoms with Crippen LogP contribution in [0.1, 0.15) is 13.8 Å². The molecule has 0 aliphatic carbocycles. The second-order valence-electron chi connectivity index (χ2n) is 2.03. The molecular weight excluding hydrogens is 225 g/mol. The van der Waals surface area contributed by atoms with Crippen LogP contribution in [-0.4, -0.2) is 18.8 Å². The quantitative estimate of drug-likeness (QED) is 0.420. The van der Waals surface area contributed by atoms with E-state index >= 15 is 0 Å². The minimum Gasteiger partial charge on any atom is -0.327 e. The standard InChI is InChI=1S/C7H14NO2PS2/c1-3-5-6-13-11(12,8-7-9)10-4-2/h3,5,7H,4,6H2,1-2H3,(H,8,9,12). The molecule has 0 radical (unpaired) electrons. The van der Waals surface area contributed by atoms with Gasteiger partial charge < -0.3 is 9.61 Å². The van der Waals surface area contributed by atoms with E-state index in [0.29, 0.717) is 13.0 Å². The third-order valence-corrected chi connectivity index (χ3v) is 6.47. The van der Waals surface area contributed by atoms with Crippen LogP contribution < -0.4 is 5.09 Å². The van der Waals surface area contributed by atoms with Crippen molar-refractivity contribution in [2.24, 2.45) is 0 Å². The van der Waals surface area contributed by atoms with Gasteiger partial charge in [-0.1, -0.05) is 23.5 Å². The Hall–Kier alpha value is 0.170. The Balaban J connectivity index is 4.06. The van der Waals surface area contributed by atoms with Crippen molar-refractivity contribution < 1.29 is 9.32 Å². The van der Waals surface area contributed by atoms with Gasteiger partial charge in [-0.05, 0) is 25.7 Å². The molecule has 13 heavy (non-hydrogen) atoms. The smallest absolute Gasteiger partial charge is 0.213 e. The molecule has 0 aromatic carbocycles. The first-order valence-electron chi connectivity index (χ1n) is 3.90. The molecule has 0 bridgehead atoms. The molecular formula is C7H14NO2PS2. The van der Waals surface area contributed by atoms with Crippen LogP contribution >= 0.6 is 17.0 Å². The average Bonchev–Trinajstić information content (AvgIpc) is 2.05. The van der Waals surface area contributed by atoms with Gasteiger partial charge in [0.05, 0.1) is 6.61 Å². The minimum atomic E-state index is -2.17. The number of carbonyl (C=O) groups is 1. The van der Waals surface area contributed by atoms with E-state index in [-0.39, 0.29) is 0 Å². The van der Waals surface area contributed by atoms with Crippen molar-refractivity contribution >= 4 is 35.2 Å². The van der Waals surface area contributed by atoms with Crippen molar-refractivity contribution in [3.63, 3.8) is 0 Å². The molecule has 6 heteroatoms. The lowest BCUT2D eigenvalue weighted by Crippen LogP contribution is -2.07. The Kier molecular flexibility index (Phi) is 7.66. The highest BCUT2D eigenvalue weighted by atomic mass is 32.9. The van der Waals surface area contributed by atoms with Crippen LogP contribution in [0.4, 0.5) is 0 Å². The Morgan fingerprint density at radius 2 is 2.38 bits per heavy atom. The Bertz CT molecular complexity index is 221. The minimum absolute atomic E-state index is 0.529. The van der Waals surface area contributed by atoms with E-state index in [1.54, 1.807) is 0 Å². The van der Waals surface area contributed by atoms with Crippen LogP contribution in [-0.2, 0) is 21.1 Å². The molecule has 0 rings (SSSR count). The van der Waals surface area contributed by atoms with E-state index in [9.17, 15) is 4.79 Å². The summed E-state index contributed by atoms with van der Waals surface area (Å²) in [5, 5.41) is 2.57. The maximum Gasteiger partial charge on any atom is 0.213 e. The van der Waals surface area contributed by atoms with Gasteiger partial charge in [0.15, 0.2) is 0 Å². The van der Waals surface area contributed by atoms with Crippen molar-refractivity contribution in [2.45, 2.75) is 13.8 Å². The highest BCUT2D eigenvalue weighted by Gasteiger charge is 2.15. The molecule has 0 heterocycles. The van der Waals surface area contributed by atoms with Gasteiger partial charge in [0, 0.05) is 5.75 Å². The molecule has 1 unspecified atom stereocenters. The highest BCUT2D eigenvalue weighted by molar-refractivity contribution is 8.68. The lowest BCUT2D eigenvalue weighted by atomic mass is 10.6. The SMILES string of the molecule is CC=CCSP(=S)(NC=O)OCC. The number of hydrogen-bond donors (Lipinski definition) is 1. The predicted octanol–water partition coefficient (Wildman–Crippen LogP) is 2.30. The monoisotopic (exact) mass is 239 g/mol. The zero-order chi connectivity index (χ0) is 10.2. The van der Waals surface area contributed by atoms with Gasteiger partial charge in [0.25, 0.3) is 0 Å². The largest absolute Gasteiger partial charge is 0.327 e. The normalized spacial score (nSPS) is 15.5. The number of carbonyl (C=O) groups excluding carboxylic acids is 1. The summed E-state index contributed by atoms with van der Waals surface area (Å²) in [5.41, 5.74) is -2.17. The fourth-order valence-corrected chi connectivity index (χ4v) is 4.48. The molecule has 1 N–H and O–H groups in total. The fourth-order valence-electron chi connectivity index (χ4n) is 0.584. The Labute approximate surface area is 88.2 Å². The summed E-state index contributed by atoms with van der Waals surface area (Å²) in [7, 11) is 0. The lowest BCUT2D eigenvalue weighted by Gasteiger charge is -2.18. The third kappa shape index (κ3) is 6.27. The number of hydrogen-bond acceptors (Lipinski definition) is 4. The average molecular weight is 239 g/mol. The Morgan fingerprint density at radius 3 is 2.85 bits per heavy atom. The van der Waals surface area contributed by atoms with E-state index in [2.05, 4.69) is 5.09 Å². The van der Waals surface area contributed by atoms with Crippen LogP contribution in [0.2, 0.25) is 0 Å². The van der Waals surface area contributed by atoms with Gasteiger partial charge >= 0.3 is 0 Å². The molecule has 0 fully saturated rings. The third-order valence-electron chi connectivity index (χ3n) is 1.09. The van der Waals surface area contributed by atoms with Crippen molar-refractivity contribution in [1.82, 2.24) is 5.09 Å². The molecule has 0 spiro atoms. The number of nitrogens with one attached hydrogen (secondary N) is 1. The van der Waals surface area contributed by atoms with Gasteiger partial charge in [-0.15, -0.1) is 0 Å². The zero-order valence-corrected chi connectivity index (χ0v) is 10.3. The van der Waals surface area contributed by atoms with Gasteiger partial charge in [-0.2, -0.15) is 0 Å². The first-order valence-corrected chi connectivity index (χ1v) is 8.21. The van der Waals surface area contributed by atoms with Gasteiger partial charge in [-0.25, -0.2) is 0 Å². The zero-order valence-electron chi connectivity index (χ0n) is 7.73. The second-order valence-corrected chi connectivity index (χ2v) is 8.68. The lowest BCUT2D eigenvalue weighted by molar-refractivity contribution is -0.108. The van der Waals surface area contributed by atoms with Gasteiger partial charge in [0.1, 0.15) is 0 Å². The van der Waals surface area contributed by atoms with Crippen LogP contribution in [0.15, 0.2) is 12.2 Å². The van der Waals surface area contributed by atoms with Crippen LogP contribution in [0, 0.1) is 0 Å². The summed E-state index contributed by atoms with van der Waals surface area (Å²) in [6.45, 7) is 4.34. The molecule has 0 aliphatic rings. The molecule has 0 aromatic rings. The summed E-state index contributed by atoms with van der Waals surface area (Å²) < 4.78 is 5.33. The molecule has 76 valence electrons. The fraction of sp³-hybridized carbons (Fsp3) is 0.571. The molecule has 0 saturated heterocycles. The molecule has 0 aromatic heterocycles. The number of amides is 1. The van der Waals surface area contributed by atoms with Crippen LogP contribution in [0.5, 0.6) is 0 Å². The first-order chi connectivity index (χ1) is 6.18. The van der Waals surface area contributed by atoms with Crippen molar-refractivity contribution in [3.8, 4) is 0 Å². The Morgan fingerprint density at radius 1 is 1.69 bits per heavy atom. The van der Waals surface area contributed by atoms with Gasteiger partial charge in [0.2, 0.25) is 12.0 Å². The maximum atomic E-state index is 10.3. The molecule has 1 atom stereocenters. The predicted molar refractivity (Wildman–Crippen MR) is 62.4 cm³/mol. The molecule has 3 nitrogen and oxygen atoms in total. The molecule has 1 amide bonds. The number of rotatable bonds is 7. The molecule has 0 saturated carbocycles. The van der Waals surface area contributed by atoms with E-state index in [1.165, 1.54) is 11.4 Å². The van der Waals surface area contributed by atoms with E-state index in [1.807, 2.05) is 26.0 Å². The summed E-state index contributed by atoms with van der Waals surface area (Å²) in [6.07, 6.45) is 4.54. The molecule has 0 aliphatic heterocycles. The highest BCUT2D eigenvalue weighted by Crippen LogP contribution is 2.55. The first kappa shape index (κ1) is 13.2. The summed E-state index contributed by atoms with van der Waals surface area (Å²) in [5.74, 6) is 0.772.